The number of carboxylic acid groups (broad SMARTS) is 1. The summed E-state index contributed by atoms with van der Waals surface area (Å²) in [4.78, 5) is 23.1. The summed E-state index contributed by atoms with van der Waals surface area (Å²) < 4.78 is 5.11. The quantitative estimate of drug-likeness (QED) is 0.501. The first-order chi connectivity index (χ1) is 9.54. The molecular formula is C15H25NO4. The van der Waals surface area contributed by atoms with Gasteiger partial charge < -0.3 is 15.2 Å². The minimum absolute atomic E-state index is 0.0385. The zero-order chi connectivity index (χ0) is 15.0. The molecule has 1 saturated carbocycles. The predicted octanol–water partition coefficient (Wildman–Crippen LogP) is 1.97. The lowest BCUT2D eigenvalue weighted by molar-refractivity contribution is -0.144. The molecule has 0 aromatic rings. The van der Waals surface area contributed by atoms with E-state index in [0.717, 1.165) is 6.42 Å². The number of nitrogens with one attached hydrogen (secondary N) is 1. The van der Waals surface area contributed by atoms with Gasteiger partial charge >= 0.3 is 5.97 Å². The number of hydrogen-bond acceptors (Lipinski definition) is 3. The van der Waals surface area contributed by atoms with Gasteiger partial charge in [-0.15, -0.1) is 6.58 Å². The standard InChI is InChI=1S/C15H25NO4/c1-3-8-20-10-13(15(18)19)16-14(17)11(2)9-12-6-4-5-7-12/h3,11-13H,1,4-10H2,2H3,(H,16,17)(H,18,19). The number of hydrogen-bond donors (Lipinski definition) is 2. The maximum Gasteiger partial charge on any atom is 0.328 e. The highest BCUT2D eigenvalue weighted by Crippen LogP contribution is 2.30. The van der Waals surface area contributed by atoms with Gasteiger partial charge in [0.05, 0.1) is 13.2 Å². The first kappa shape index (κ1) is 16.7. The zero-order valence-corrected chi connectivity index (χ0v) is 12.1. The van der Waals surface area contributed by atoms with E-state index in [1.54, 1.807) is 6.08 Å². The molecule has 1 rings (SSSR count). The number of ether oxygens (including phenoxy) is 1. The van der Waals surface area contributed by atoms with E-state index in [0.29, 0.717) is 5.92 Å². The maximum absolute atomic E-state index is 12.0. The number of carbonyl (C=O) groups excluding carboxylic acids is 1. The highest BCUT2D eigenvalue weighted by atomic mass is 16.5. The summed E-state index contributed by atoms with van der Waals surface area (Å²) >= 11 is 0. The largest absolute Gasteiger partial charge is 0.480 e. The second-order valence-corrected chi connectivity index (χ2v) is 5.51. The van der Waals surface area contributed by atoms with Crippen molar-refractivity contribution in [3.8, 4) is 0 Å². The molecule has 1 amide bonds. The molecule has 1 aliphatic rings. The van der Waals surface area contributed by atoms with Crippen molar-refractivity contribution < 1.29 is 19.4 Å². The van der Waals surface area contributed by atoms with Crippen molar-refractivity contribution in [3.63, 3.8) is 0 Å². The van der Waals surface area contributed by atoms with E-state index in [9.17, 15) is 9.59 Å². The average molecular weight is 283 g/mol. The number of amides is 1. The Hall–Kier alpha value is -1.36. The molecule has 20 heavy (non-hydrogen) atoms. The summed E-state index contributed by atoms with van der Waals surface area (Å²) in [6, 6.07) is -0.992. The zero-order valence-electron chi connectivity index (χ0n) is 12.1. The summed E-state index contributed by atoms with van der Waals surface area (Å²) in [5.74, 6) is -0.822. The van der Waals surface area contributed by atoms with E-state index in [4.69, 9.17) is 9.84 Å². The van der Waals surface area contributed by atoms with E-state index < -0.39 is 12.0 Å². The summed E-state index contributed by atoms with van der Waals surface area (Å²) in [5.41, 5.74) is 0. The lowest BCUT2D eigenvalue weighted by atomic mass is 9.94. The molecule has 2 atom stereocenters. The molecule has 0 spiro atoms. The number of aliphatic carboxylic acids is 1. The molecule has 0 aromatic carbocycles. The predicted molar refractivity (Wildman–Crippen MR) is 76.3 cm³/mol. The third-order valence-electron chi connectivity index (χ3n) is 3.74. The molecule has 2 unspecified atom stereocenters. The molecule has 0 heterocycles. The summed E-state index contributed by atoms with van der Waals surface area (Å²) in [5, 5.41) is 11.6. The molecule has 0 saturated heterocycles. The van der Waals surface area contributed by atoms with Crippen LogP contribution in [0.1, 0.15) is 39.0 Å². The Kier molecular flexibility index (Phi) is 7.30. The Bertz CT molecular complexity index is 337. The van der Waals surface area contributed by atoms with Gasteiger partial charge in [-0.1, -0.05) is 38.7 Å². The van der Waals surface area contributed by atoms with E-state index in [2.05, 4.69) is 11.9 Å². The van der Waals surface area contributed by atoms with Gasteiger partial charge in [0.1, 0.15) is 0 Å². The van der Waals surface area contributed by atoms with Crippen LogP contribution in [-0.4, -0.2) is 36.2 Å². The van der Waals surface area contributed by atoms with Gasteiger partial charge in [-0.05, 0) is 12.3 Å². The molecule has 2 N–H and O–H groups in total. The lowest BCUT2D eigenvalue weighted by Crippen LogP contribution is -2.46. The third kappa shape index (κ3) is 5.74. The number of carboxylic acids is 1. The van der Waals surface area contributed by atoms with Crippen LogP contribution in [0, 0.1) is 11.8 Å². The fourth-order valence-corrected chi connectivity index (χ4v) is 2.61. The van der Waals surface area contributed by atoms with Crippen molar-refractivity contribution in [2.75, 3.05) is 13.2 Å². The monoisotopic (exact) mass is 283 g/mol. The normalized spacial score (nSPS) is 18.4. The lowest BCUT2D eigenvalue weighted by Gasteiger charge is -2.19. The Morgan fingerprint density at radius 2 is 2.10 bits per heavy atom. The van der Waals surface area contributed by atoms with Crippen molar-refractivity contribution in [2.24, 2.45) is 11.8 Å². The van der Waals surface area contributed by atoms with Crippen LogP contribution in [0.2, 0.25) is 0 Å². The average Bonchev–Trinajstić information content (AvgIpc) is 2.90. The molecular weight excluding hydrogens is 258 g/mol. The smallest absolute Gasteiger partial charge is 0.328 e. The second-order valence-electron chi connectivity index (χ2n) is 5.51. The Labute approximate surface area is 120 Å². The van der Waals surface area contributed by atoms with Crippen molar-refractivity contribution >= 4 is 11.9 Å². The van der Waals surface area contributed by atoms with Gasteiger partial charge in [-0.25, -0.2) is 4.79 Å². The fraction of sp³-hybridized carbons (Fsp3) is 0.733. The van der Waals surface area contributed by atoms with Crippen LogP contribution < -0.4 is 5.32 Å². The molecule has 5 heteroatoms. The van der Waals surface area contributed by atoms with Crippen molar-refractivity contribution in [1.29, 1.82) is 0 Å². The highest BCUT2D eigenvalue weighted by Gasteiger charge is 2.26. The molecule has 0 aliphatic heterocycles. The summed E-state index contributed by atoms with van der Waals surface area (Å²) in [6.07, 6.45) is 7.23. The molecule has 1 fully saturated rings. The molecule has 1 aliphatic carbocycles. The second kappa shape index (κ2) is 8.74. The third-order valence-corrected chi connectivity index (χ3v) is 3.74. The number of carbonyl (C=O) groups is 2. The van der Waals surface area contributed by atoms with Crippen LogP contribution in [-0.2, 0) is 14.3 Å². The van der Waals surface area contributed by atoms with Gasteiger partial charge in [-0.2, -0.15) is 0 Å². The van der Waals surface area contributed by atoms with Gasteiger partial charge in [0.15, 0.2) is 6.04 Å². The maximum atomic E-state index is 12.0. The Balaban J connectivity index is 2.38. The van der Waals surface area contributed by atoms with Crippen LogP contribution in [0.15, 0.2) is 12.7 Å². The first-order valence-electron chi connectivity index (χ1n) is 7.26. The summed E-state index contributed by atoms with van der Waals surface area (Å²) in [6.45, 7) is 5.58. The molecule has 5 nitrogen and oxygen atoms in total. The van der Waals surface area contributed by atoms with E-state index in [1.807, 2.05) is 6.92 Å². The van der Waals surface area contributed by atoms with E-state index >= 15 is 0 Å². The van der Waals surface area contributed by atoms with Gasteiger partial charge in [0, 0.05) is 5.92 Å². The Morgan fingerprint density at radius 1 is 1.45 bits per heavy atom. The van der Waals surface area contributed by atoms with Gasteiger partial charge in [0.25, 0.3) is 0 Å². The molecule has 114 valence electrons. The van der Waals surface area contributed by atoms with Gasteiger partial charge in [-0.3, -0.25) is 4.79 Å². The minimum Gasteiger partial charge on any atom is -0.480 e. The SMILES string of the molecule is C=CCOCC(NC(=O)C(C)CC1CCCC1)C(=O)O. The van der Waals surface area contributed by atoms with Crippen molar-refractivity contribution in [1.82, 2.24) is 5.32 Å². The van der Waals surface area contributed by atoms with Crippen LogP contribution in [0.5, 0.6) is 0 Å². The van der Waals surface area contributed by atoms with Crippen molar-refractivity contribution in [2.45, 2.75) is 45.1 Å². The Morgan fingerprint density at radius 3 is 2.65 bits per heavy atom. The van der Waals surface area contributed by atoms with Crippen LogP contribution in [0.25, 0.3) is 0 Å². The summed E-state index contributed by atoms with van der Waals surface area (Å²) in [7, 11) is 0. The van der Waals surface area contributed by atoms with E-state index in [1.165, 1.54) is 25.7 Å². The number of rotatable bonds is 9. The van der Waals surface area contributed by atoms with Gasteiger partial charge in [0.2, 0.25) is 5.91 Å². The minimum atomic E-state index is -1.07. The topological polar surface area (TPSA) is 75.6 Å². The van der Waals surface area contributed by atoms with Crippen LogP contribution in [0.3, 0.4) is 0 Å². The molecule has 0 radical (unpaired) electrons. The van der Waals surface area contributed by atoms with Crippen LogP contribution in [0.4, 0.5) is 0 Å². The van der Waals surface area contributed by atoms with Crippen molar-refractivity contribution in [3.05, 3.63) is 12.7 Å². The molecule has 0 aromatic heterocycles. The first-order valence-corrected chi connectivity index (χ1v) is 7.26. The van der Waals surface area contributed by atoms with E-state index in [-0.39, 0.29) is 25.0 Å². The fourth-order valence-electron chi connectivity index (χ4n) is 2.61. The van der Waals surface area contributed by atoms with Crippen LogP contribution >= 0.6 is 0 Å². The highest BCUT2D eigenvalue weighted by molar-refractivity contribution is 5.84. The molecule has 0 bridgehead atoms.